The molecule has 0 fully saturated rings. The molecule has 84 valence electrons. The van der Waals surface area contributed by atoms with Gasteiger partial charge in [0.15, 0.2) is 0 Å². The molecule has 0 saturated heterocycles. The molecule has 0 aliphatic heterocycles. The average Bonchev–Trinajstić information content (AvgIpc) is 1.79. The second kappa shape index (κ2) is 4.33. The quantitative estimate of drug-likeness (QED) is 0.728. The minimum absolute atomic E-state index is 0.0457. The first kappa shape index (κ1) is 13.5. The predicted octanol–water partition coefficient (Wildman–Crippen LogP) is 2.97. The molecule has 1 amide bonds. The van der Waals surface area contributed by atoms with Gasteiger partial charge in [-0.1, -0.05) is 27.7 Å². The fraction of sp³-hybridized carbons (Fsp3) is 0.917. The number of carbonyl (C=O) groups excluding carboxylic acids is 1. The fourth-order valence-electron chi connectivity index (χ4n) is 1.65. The van der Waals surface area contributed by atoms with E-state index in [1.54, 1.807) is 0 Å². The zero-order valence-corrected chi connectivity index (χ0v) is 10.7. The van der Waals surface area contributed by atoms with Crippen LogP contribution in [0.5, 0.6) is 0 Å². The van der Waals surface area contributed by atoms with Crippen molar-refractivity contribution in [2.45, 2.75) is 60.4 Å². The molecule has 0 aliphatic carbocycles. The molecule has 1 atom stereocenters. The molecule has 0 heterocycles. The standard InChI is InChI=1S/C12H25NO/c1-8-9(11(2,3)4)10(14)13-12(5,6)7/h9H,8H2,1-7H3,(H,13,14). The van der Waals surface area contributed by atoms with Crippen molar-refractivity contribution in [3.63, 3.8) is 0 Å². The van der Waals surface area contributed by atoms with E-state index in [0.717, 1.165) is 6.42 Å². The van der Waals surface area contributed by atoms with Gasteiger partial charge in [-0.3, -0.25) is 4.79 Å². The number of hydrogen-bond acceptors (Lipinski definition) is 1. The SMILES string of the molecule is CCC(C(=O)NC(C)(C)C)C(C)(C)C. The molecule has 0 saturated carbocycles. The van der Waals surface area contributed by atoms with E-state index in [0.29, 0.717) is 0 Å². The third kappa shape index (κ3) is 4.64. The lowest BCUT2D eigenvalue weighted by atomic mass is 9.78. The summed E-state index contributed by atoms with van der Waals surface area (Å²) in [6.45, 7) is 14.5. The molecule has 0 bridgehead atoms. The van der Waals surface area contributed by atoms with Crippen LogP contribution in [0.2, 0.25) is 0 Å². The maximum atomic E-state index is 11.9. The van der Waals surface area contributed by atoms with E-state index < -0.39 is 0 Å². The highest BCUT2D eigenvalue weighted by molar-refractivity contribution is 5.80. The van der Waals surface area contributed by atoms with Crippen molar-refractivity contribution >= 4 is 5.91 Å². The molecule has 2 heteroatoms. The van der Waals surface area contributed by atoms with Crippen molar-refractivity contribution < 1.29 is 4.79 Å². The van der Waals surface area contributed by atoms with Crippen LogP contribution in [0.15, 0.2) is 0 Å². The van der Waals surface area contributed by atoms with Crippen LogP contribution in [0.3, 0.4) is 0 Å². The van der Waals surface area contributed by atoms with Crippen LogP contribution < -0.4 is 5.32 Å². The molecule has 0 rings (SSSR count). The van der Waals surface area contributed by atoms with Gasteiger partial charge >= 0.3 is 0 Å². The second-order valence-electron chi connectivity index (χ2n) is 6.07. The highest BCUT2D eigenvalue weighted by Crippen LogP contribution is 2.29. The minimum Gasteiger partial charge on any atom is -0.351 e. The smallest absolute Gasteiger partial charge is 0.224 e. The summed E-state index contributed by atoms with van der Waals surface area (Å²) < 4.78 is 0. The first-order valence-electron chi connectivity index (χ1n) is 5.40. The summed E-state index contributed by atoms with van der Waals surface area (Å²) in [5, 5.41) is 3.04. The summed E-state index contributed by atoms with van der Waals surface area (Å²) in [5.41, 5.74) is -0.0835. The first-order valence-corrected chi connectivity index (χ1v) is 5.40. The van der Waals surface area contributed by atoms with E-state index in [1.807, 2.05) is 20.8 Å². The van der Waals surface area contributed by atoms with Gasteiger partial charge in [-0.2, -0.15) is 0 Å². The van der Waals surface area contributed by atoms with E-state index in [1.165, 1.54) is 0 Å². The maximum absolute atomic E-state index is 11.9. The molecule has 0 aromatic rings. The van der Waals surface area contributed by atoms with Crippen LogP contribution in [0.4, 0.5) is 0 Å². The highest BCUT2D eigenvalue weighted by Gasteiger charge is 2.31. The Hall–Kier alpha value is -0.530. The van der Waals surface area contributed by atoms with Gasteiger partial charge in [-0.05, 0) is 32.6 Å². The summed E-state index contributed by atoms with van der Waals surface area (Å²) in [7, 11) is 0. The molecule has 0 radical (unpaired) electrons. The Morgan fingerprint density at radius 1 is 1.14 bits per heavy atom. The Balaban J connectivity index is 4.50. The van der Waals surface area contributed by atoms with Crippen LogP contribution in [0, 0.1) is 11.3 Å². The van der Waals surface area contributed by atoms with Crippen LogP contribution in [0.1, 0.15) is 54.9 Å². The lowest BCUT2D eigenvalue weighted by molar-refractivity contribution is -0.129. The van der Waals surface area contributed by atoms with Crippen LogP contribution in [-0.4, -0.2) is 11.4 Å². The highest BCUT2D eigenvalue weighted by atomic mass is 16.2. The first-order chi connectivity index (χ1) is 6.08. The Morgan fingerprint density at radius 3 is 1.79 bits per heavy atom. The summed E-state index contributed by atoms with van der Waals surface area (Å²) >= 11 is 0. The third-order valence-electron chi connectivity index (χ3n) is 2.27. The lowest BCUT2D eigenvalue weighted by Crippen LogP contribution is -2.46. The van der Waals surface area contributed by atoms with Gasteiger partial charge in [-0.25, -0.2) is 0 Å². The van der Waals surface area contributed by atoms with Crippen LogP contribution in [-0.2, 0) is 4.79 Å². The number of rotatable bonds is 2. The Bertz CT molecular complexity index is 195. The Morgan fingerprint density at radius 2 is 1.57 bits per heavy atom. The van der Waals surface area contributed by atoms with Gasteiger partial charge in [0.1, 0.15) is 0 Å². The van der Waals surface area contributed by atoms with Crippen molar-refractivity contribution in [2.75, 3.05) is 0 Å². The van der Waals surface area contributed by atoms with E-state index in [2.05, 4.69) is 33.0 Å². The van der Waals surface area contributed by atoms with Crippen molar-refractivity contribution in [3.8, 4) is 0 Å². The van der Waals surface area contributed by atoms with Crippen LogP contribution in [0.25, 0.3) is 0 Å². The van der Waals surface area contributed by atoms with Gasteiger partial charge in [0.2, 0.25) is 5.91 Å². The van der Waals surface area contributed by atoms with Gasteiger partial charge in [0.25, 0.3) is 0 Å². The van der Waals surface area contributed by atoms with Crippen molar-refractivity contribution in [1.29, 1.82) is 0 Å². The van der Waals surface area contributed by atoms with Crippen LogP contribution >= 0.6 is 0 Å². The van der Waals surface area contributed by atoms with Gasteiger partial charge in [0, 0.05) is 11.5 Å². The monoisotopic (exact) mass is 199 g/mol. The molecular weight excluding hydrogens is 174 g/mol. The molecule has 1 N–H and O–H groups in total. The van der Waals surface area contributed by atoms with Gasteiger partial charge in [0.05, 0.1) is 0 Å². The van der Waals surface area contributed by atoms with Crippen molar-refractivity contribution in [2.24, 2.45) is 11.3 Å². The van der Waals surface area contributed by atoms with E-state index >= 15 is 0 Å². The number of amides is 1. The summed E-state index contributed by atoms with van der Waals surface area (Å²) in [4.78, 5) is 11.9. The van der Waals surface area contributed by atoms with Crippen molar-refractivity contribution in [3.05, 3.63) is 0 Å². The Labute approximate surface area is 88.5 Å². The molecule has 1 unspecified atom stereocenters. The lowest BCUT2D eigenvalue weighted by Gasteiger charge is -2.32. The topological polar surface area (TPSA) is 29.1 Å². The molecular formula is C12H25NO. The number of nitrogens with one attached hydrogen (secondary N) is 1. The Kier molecular flexibility index (Phi) is 4.16. The molecule has 0 aliphatic rings. The van der Waals surface area contributed by atoms with E-state index in [-0.39, 0.29) is 22.8 Å². The largest absolute Gasteiger partial charge is 0.351 e. The zero-order chi connectivity index (χ0) is 11.6. The maximum Gasteiger partial charge on any atom is 0.224 e. The molecule has 0 aromatic heterocycles. The normalized spacial score (nSPS) is 15.1. The molecule has 0 aromatic carbocycles. The summed E-state index contributed by atoms with van der Waals surface area (Å²) in [6.07, 6.45) is 0.894. The second-order valence-corrected chi connectivity index (χ2v) is 6.07. The molecule has 0 spiro atoms. The van der Waals surface area contributed by atoms with E-state index in [4.69, 9.17) is 0 Å². The number of carbonyl (C=O) groups is 1. The summed E-state index contributed by atoms with van der Waals surface area (Å²) in [5.74, 6) is 0.272. The van der Waals surface area contributed by atoms with Gasteiger partial charge in [-0.15, -0.1) is 0 Å². The summed E-state index contributed by atoms with van der Waals surface area (Å²) in [6, 6.07) is 0. The third-order valence-corrected chi connectivity index (χ3v) is 2.27. The van der Waals surface area contributed by atoms with E-state index in [9.17, 15) is 4.79 Å². The molecule has 2 nitrogen and oxygen atoms in total. The minimum atomic E-state index is -0.129. The molecule has 14 heavy (non-hydrogen) atoms. The fourth-order valence-corrected chi connectivity index (χ4v) is 1.65. The number of hydrogen-bond donors (Lipinski definition) is 1. The average molecular weight is 199 g/mol. The van der Waals surface area contributed by atoms with Crippen molar-refractivity contribution in [1.82, 2.24) is 5.32 Å². The van der Waals surface area contributed by atoms with Gasteiger partial charge < -0.3 is 5.32 Å². The zero-order valence-electron chi connectivity index (χ0n) is 10.7. The predicted molar refractivity (Wildman–Crippen MR) is 61.1 cm³/mol.